The Kier molecular flexibility index (Phi) is 4.95. The van der Waals surface area contributed by atoms with E-state index in [4.69, 9.17) is 0 Å². The molecule has 0 amide bonds. The Bertz CT molecular complexity index is 130. The molecule has 1 radical (unpaired) electrons. The third-order valence-electron chi connectivity index (χ3n) is 2.43. The fourth-order valence-electron chi connectivity index (χ4n) is 0.912. The van der Waals surface area contributed by atoms with Gasteiger partial charge in [0.25, 0.3) is 0 Å². The van der Waals surface area contributed by atoms with Crippen LogP contribution in [0.3, 0.4) is 0 Å². The predicted molar refractivity (Wildman–Crippen MR) is 49.5 cm³/mol. The molecule has 0 aromatic heterocycles. The summed E-state index contributed by atoms with van der Waals surface area (Å²) < 4.78 is 4.68. The molecular formula is C10H19O2. The smallest absolute Gasteiger partial charge is 0.417 e. The quantitative estimate of drug-likeness (QED) is 0.614. The average Bonchev–Trinajstić information content (AvgIpc) is 2.02. The van der Waals surface area contributed by atoms with E-state index in [9.17, 15) is 4.79 Å². The molecule has 0 rings (SSSR count). The maximum Gasteiger partial charge on any atom is 0.417 e. The van der Waals surface area contributed by atoms with E-state index in [0.29, 0.717) is 5.41 Å². The summed E-state index contributed by atoms with van der Waals surface area (Å²) in [5.41, 5.74) is 0.362. The van der Waals surface area contributed by atoms with Crippen LogP contribution >= 0.6 is 0 Å². The Morgan fingerprint density at radius 1 is 1.50 bits per heavy atom. The minimum absolute atomic E-state index is 0.00771. The van der Waals surface area contributed by atoms with Crippen LogP contribution in [-0.4, -0.2) is 12.6 Å². The molecule has 2 heteroatoms. The first-order valence-corrected chi connectivity index (χ1v) is 4.54. The molecule has 0 spiro atoms. The van der Waals surface area contributed by atoms with Crippen molar-refractivity contribution in [1.29, 1.82) is 0 Å². The van der Waals surface area contributed by atoms with E-state index in [-0.39, 0.29) is 6.10 Å². The third kappa shape index (κ3) is 5.16. The second kappa shape index (κ2) is 5.18. The van der Waals surface area contributed by atoms with Gasteiger partial charge in [0.1, 0.15) is 0 Å². The lowest BCUT2D eigenvalue weighted by Crippen LogP contribution is -2.15. The van der Waals surface area contributed by atoms with Gasteiger partial charge in [0.2, 0.25) is 0 Å². The summed E-state index contributed by atoms with van der Waals surface area (Å²) in [4.78, 5) is 9.86. The van der Waals surface area contributed by atoms with Crippen LogP contribution in [0.2, 0.25) is 0 Å². The van der Waals surface area contributed by atoms with Gasteiger partial charge in [-0.1, -0.05) is 27.2 Å². The Hall–Kier alpha value is -0.530. The standard InChI is InChI=1S/C10H19O2/c1-5-10(3,4)7-6-9(2)12-8-11/h9H,5-7H2,1-4H3. The highest BCUT2D eigenvalue weighted by Gasteiger charge is 2.16. The molecule has 1 atom stereocenters. The summed E-state index contributed by atoms with van der Waals surface area (Å²) in [6, 6.07) is 0. The highest BCUT2D eigenvalue weighted by molar-refractivity contribution is 5.38. The molecule has 0 N–H and O–H groups in total. The van der Waals surface area contributed by atoms with Crippen LogP contribution < -0.4 is 0 Å². The second-order valence-corrected chi connectivity index (χ2v) is 4.07. The predicted octanol–water partition coefficient (Wildman–Crippen LogP) is 2.68. The fraction of sp³-hybridized carbons (Fsp3) is 0.900. The highest BCUT2D eigenvalue weighted by Crippen LogP contribution is 2.26. The SMILES string of the molecule is CCC(C)(C)CCC(C)O[C]=O. The summed E-state index contributed by atoms with van der Waals surface area (Å²) in [6.07, 6.45) is 3.18. The van der Waals surface area contributed by atoms with Crippen LogP contribution in [-0.2, 0) is 9.53 Å². The largest absolute Gasteiger partial charge is 0.454 e. The second-order valence-electron chi connectivity index (χ2n) is 4.07. The number of carbonyl (C=O) groups excluding carboxylic acids is 1. The summed E-state index contributed by atoms with van der Waals surface area (Å²) >= 11 is 0. The molecule has 0 aliphatic rings. The summed E-state index contributed by atoms with van der Waals surface area (Å²) in [6.45, 7) is 10.0. The normalized spacial score (nSPS) is 14.0. The minimum Gasteiger partial charge on any atom is -0.454 e. The third-order valence-corrected chi connectivity index (χ3v) is 2.43. The van der Waals surface area contributed by atoms with Crippen molar-refractivity contribution in [1.82, 2.24) is 0 Å². The van der Waals surface area contributed by atoms with Gasteiger partial charge >= 0.3 is 6.47 Å². The van der Waals surface area contributed by atoms with E-state index >= 15 is 0 Å². The fourth-order valence-corrected chi connectivity index (χ4v) is 0.912. The van der Waals surface area contributed by atoms with Gasteiger partial charge in [-0.05, 0) is 25.2 Å². The van der Waals surface area contributed by atoms with Crippen LogP contribution in [0, 0.1) is 5.41 Å². The van der Waals surface area contributed by atoms with E-state index in [0.717, 1.165) is 19.3 Å². The van der Waals surface area contributed by atoms with Gasteiger partial charge in [-0.2, -0.15) is 0 Å². The van der Waals surface area contributed by atoms with E-state index in [1.807, 2.05) is 6.92 Å². The molecule has 0 aromatic carbocycles. The first kappa shape index (κ1) is 11.5. The van der Waals surface area contributed by atoms with Crippen molar-refractivity contribution >= 4 is 6.47 Å². The van der Waals surface area contributed by atoms with Crippen LogP contribution in [0.1, 0.15) is 47.0 Å². The highest BCUT2D eigenvalue weighted by atomic mass is 16.5. The van der Waals surface area contributed by atoms with Gasteiger partial charge in [-0.3, -0.25) is 0 Å². The Morgan fingerprint density at radius 2 is 2.08 bits per heavy atom. The molecule has 0 aliphatic heterocycles. The van der Waals surface area contributed by atoms with Gasteiger partial charge in [0.05, 0.1) is 6.10 Å². The lowest BCUT2D eigenvalue weighted by molar-refractivity contribution is 0.160. The Balaban J connectivity index is 3.59. The molecule has 0 bridgehead atoms. The molecule has 0 aromatic rings. The van der Waals surface area contributed by atoms with Crippen LogP contribution in [0.4, 0.5) is 0 Å². The topological polar surface area (TPSA) is 26.3 Å². The van der Waals surface area contributed by atoms with Crippen molar-refractivity contribution in [3.8, 4) is 0 Å². The molecule has 0 saturated heterocycles. The first-order valence-electron chi connectivity index (χ1n) is 4.54. The van der Waals surface area contributed by atoms with E-state index in [1.165, 1.54) is 6.47 Å². The summed E-state index contributed by atoms with van der Waals surface area (Å²) in [5.74, 6) is 0. The molecule has 2 nitrogen and oxygen atoms in total. The van der Waals surface area contributed by atoms with Crippen LogP contribution in [0.5, 0.6) is 0 Å². The van der Waals surface area contributed by atoms with Gasteiger partial charge < -0.3 is 4.74 Å². The van der Waals surface area contributed by atoms with Crippen LogP contribution in [0.25, 0.3) is 0 Å². The molecule has 71 valence electrons. The number of rotatable bonds is 6. The molecule has 0 fully saturated rings. The molecule has 0 aliphatic carbocycles. The zero-order valence-corrected chi connectivity index (χ0v) is 8.52. The number of hydrogen-bond acceptors (Lipinski definition) is 2. The monoisotopic (exact) mass is 171 g/mol. The van der Waals surface area contributed by atoms with Crippen molar-refractivity contribution in [2.75, 3.05) is 0 Å². The maximum atomic E-state index is 9.86. The van der Waals surface area contributed by atoms with Crippen molar-refractivity contribution in [3.05, 3.63) is 0 Å². The van der Waals surface area contributed by atoms with Crippen molar-refractivity contribution in [3.63, 3.8) is 0 Å². The minimum atomic E-state index is 0.00771. The summed E-state index contributed by atoms with van der Waals surface area (Å²) in [5, 5.41) is 0. The maximum absolute atomic E-state index is 9.86. The van der Waals surface area contributed by atoms with Gasteiger partial charge in [-0.25, -0.2) is 4.79 Å². The van der Waals surface area contributed by atoms with E-state index < -0.39 is 0 Å². The number of ether oxygens (including phenoxy) is 1. The Labute approximate surface area is 75.3 Å². The lowest BCUT2D eigenvalue weighted by atomic mass is 9.84. The lowest BCUT2D eigenvalue weighted by Gasteiger charge is -2.23. The van der Waals surface area contributed by atoms with E-state index in [1.54, 1.807) is 0 Å². The van der Waals surface area contributed by atoms with Crippen LogP contribution in [0.15, 0.2) is 0 Å². The number of hydrogen-bond donors (Lipinski definition) is 0. The van der Waals surface area contributed by atoms with Gasteiger partial charge in [-0.15, -0.1) is 0 Å². The molecule has 12 heavy (non-hydrogen) atoms. The van der Waals surface area contributed by atoms with Crippen molar-refractivity contribution in [2.45, 2.75) is 53.1 Å². The molecular weight excluding hydrogens is 152 g/mol. The average molecular weight is 171 g/mol. The first-order chi connectivity index (χ1) is 5.52. The molecule has 0 saturated carbocycles. The Morgan fingerprint density at radius 3 is 2.50 bits per heavy atom. The van der Waals surface area contributed by atoms with Gasteiger partial charge in [0.15, 0.2) is 0 Å². The molecule has 1 unspecified atom stereocenters. The van der Waals surface area contributed by atoms with E-state index in [2.05, 4.69) is 25.5 Å². The zero-order chi connectivity index (χ0) is 9.61. The van der Waals surface area contributed by atoms with Crippen molar-refractivity contribution < 1.29 is 9.53 Å². The molecule has 0 heterocycles. The zero-order valence-electron chi connectivity index (χ0n) is 8.52. The van der Waals surface area contributed by atoms with Gasteiger partial charge in [0, 0.05) is 0 Å². The van der Waals surface area contributed by atoms with Crippen molar-refractivity contribution in [2.24, 2.45) is 5.41 Å². The summed E-state index contributed by atoms with van der Waals surface area (Å²) in [7, 11) is 0.